The Morgan fingerprint density at radius 3 is 2.45 bits per heavy atom. The summed E-state index contributed by atoms with van der Waals surface area (Å²) in [6.07, 6.45) is -3.21. The highest BCUT2D eigenvalue weighted by molar-refractivity contribution is 5.93. The third-order valence-corrected chi connectivity index (χ3v) is 4.97. The van der Waals surface area contributed by atoms with Gasteiger partial charge < -0.3 is 4.90 Å². The number of alkyl halides is 3. The summed E-state index contributed by atoms with van der Waals surface area (Å²) in [4.78, 5) is 20.5. The lowest BCUT2D eigenvalue weighted by Crippen LogP contribution is -2.48. The van der Waals surface area contributed by atoms with Crippen molar-refractivity contribution < 1.29 is 22.4 Å². The normalized spacial score (nSPS) is 15.3. The first-order valence-electron chi connectivity index (χ1n) is 9.53. The summed E-state index contributed by atoms with van der Waals surface area (Å²) >= 11 is 0. The molecule has 0 aliphatic carbocycles. The van der Waals surface area contributed by atoms with E-state index in [0.717, 1.165) is 17.8 Å². The van der Waals surface area contributed by atoms with Crippen LogP contribution in [0.25, 0.3) is 5.69 Å². The van der Waals surface area contributed by atoms with E-state index < -0.39 is 29.3 Å². The van der Waals surface area contributed by atoms with Crippen molar-refractivity contribution in [2.24, 2.45) is 0 Å². The van der Waals surface area contributed by atoms with E-state index in [4.69, 9.17) is 0 Å². The molecule has 7 nitrogen and oxygen atoms in total. The molecule has 0 N–H and O–H groups in total. The summed E-state index contributed by atoms with van der Waals surface area (Å²) in [6.45, 7) is 2.06. The minimum Gasteiger partial charge on any atom is -0.335 e. The lowest BCUT2D eigenvalue weighted by molar-refractivity contribution is -0.143. The first-order valence-corrected chi connectivity index (χ1v) is 9.53. The van der Waals surface area contributed by atoms with Crippen molar-refractivity contribution >= 4 is 5.91 Å². The highest BCUT2D eigenvalue weighted by Gasteiger charge is 2.43. The number of hydrogen-bond donors (Lipinski definition) is 0. The molecule has 1 amide bonds. The molecule has 1 saturated heterocycles. The molecule has 162 valence electrons. The molecule has 0 saturated carbocycles. The van der Waals surface area contributed by atoms with Crippen LogP contribution in [0.5, 0.6) is 0 Å². The molecule has 3 heterocycles. The number of rotatable bonds is 4. The van der Waals surface area contributed by atoms with Gasteiger partial charge in [-0.3, -0.25) is 14.7 Å². The number of aromatic nitrogens is 4. The highest BCUT2D eigenvalue weighted by Crippen LogP contribution is 2.33. The van der Waals surface area contributed by atoms with E-state index >= 15 is 0 Å². The van der Waals surface area contributed by atoms with E-state index in [2.05, 4.69) is 20.2 Å². The van der Waals surface area contributed by atoms with Crippen LogP contribution < -0.4 is 0 Å². The van der Waals surface area contributed by atoms with Crippen molar-refractivity contribution in [3.05, 3.63) is 71.6 Å². The number of pyridine rings is 1. The van der Waals surface area contributed by atoms with Gasteiger partial charge in [0.25, 0.3) is 5.91 Å². The first kappa shape index (κ1) is 20.9. The lowest BCUT2D eigenvalue weighted by Gasteiger charge is -2.34. The van der Waals surface area contributed by atoms with E-state index in [1.807, 2.05) is 18.2 Å². The summed E-state index contributed by atoms with van der Waals surface area (Å²) in [5.74, 6) is -1.58. The smallest absolute Gasteiger partial charge is 0.335 e. The molecule has 1 aliphatic rings. The molecule has 11 heteroatoms. The van der Waals surface area contributed by atoms with Gasteiger partial charge >= 0.3 is 6.18 Å². The van der Waals surface area contributed by atoms with Gasteiger partial charge in [-0.1, -0.05) is 17.3 Å². The molecule has 0 spiro atoms. The SMILES string of the molecule is O=C(c1nnn(-c2cccc(F)c2)c1C(F)(F)F)N1CCN(Cc2ccccn2)CC1. The van der Waals surface area contributed by atoms with Crippen LogP contribution in [0.2, 0.25) is 0 Å². The first-order chi connectivity index (χ1) is 14.8. The monoisotopic (exact) mass is 434 g/mol. The molecule has 1 aliphatic heterocycles. The Bertz CT molecular complexity index is 1060. The zero-order chi connectivity index (χ0) is 22.0. The Morgan fingerprint density at radius 2 is 1.81 bits per heavy atom. The second-order valence-corrected chi connectivity index (χ2v) is 7.07. The molecule has 0 unspecified atom stereocenters. The topological polar surface area (TPSA) is 67.2 Å². The quantitative estimate of drug-likeness (QED) is 0.591. The fourth-order valence-electron chi connectivity index (χ4n) is 3.45. The average Bonchev–Trinajstić information content (AvgIpc) is 3.20. The fraction of sp³-hybridized carbons (Fsp3) is 0.300. The van der Waals surface area contributed by atoms with Crippen molar-refractivity contribution in [1.82, 2.24) is 29.8 Å². The second-order valence-electron chi connectivity index (χ2n) is 7.07. The number of nitrogens with zero attached hydrogens (tertiary/aromatic N) is 6. The Hall–Kier alpha value is -3.34. The minimum atomic E-state index is -4.90. The number of benzene rings is 1. The fourth-order valence-corrected chi connectivity index (χ4v) is 3.45. The van der Waals surface area contributed by atoms with E-state index in [1.165, 1.54) is 17.0 Å². The van der Waals surface area contributed by atoms with Gasteiger partial charge in [0.05, 0.1) is 11.4 Å². The minimum absolute atomic E-state index is 0.168. The molecular weight excluding hydrogens is 416 g/mol. The molecule has 2 aromatic heterocycles. The molecule has 31 heavy (non-hydrogen) atoms. The van der Waals surface area contributed by atoms with Crippen LogP contribution in [0.4, 0.5) is 17.6 Å². The van der Waals surface area contributed by atoms with Crippen LogP contribution in [0.15, 0.2) is 48.7 Å². The van der Waals surface area contributed by atoms with Gasteiger partial charge in [-0.25, -0.2) is 9.07 Å². The van der Waals surface area contributed by atoms with Gasteiger partial charge in [-0.15, -0.1) is 5.10 Å². The molecule has 3 aromatic rings. The van der Waals surface area contributed by atoms with Crippen molar-refractivity contribution in [2.45, 2.75) is 12.7 Å². The molecule has 0 atom stereocenters. The number of hydrogen-bond acceptors (Lipinski definition) is 5. The predicted octanol–water partition coefficient (Wildman–Crippen LogP) is 2.78. The highest BCUT2D eigenvalue weighted by atomic mass is 19.4. The lowest BCUT2D eigenvalue weighted by atomic mass is 10.2. The van der Waals surface area contributed by atoms with Crippen LogP contribution in [0.3, 0.4) is 0 Å². The Balaban J connectivity index is 1.53. The standard InChI is InChI=1S/C20H18F4N6O/c21-14-4-3-6-16(12-14)30-18(20(22,23)24)17(26-27-30)19(31)29-10-8-28(9-11-29)13-15-5-1-2-7-25-15/h1-7,12H,8-11,13H2. The molecule has 1 aromatic carbocycles. The molecule has 4 rings (SSSR count). The van der Waals surface area contributed by atoms with Crippen LogP contribution in [0, 0.1) is 5.82 Å². The molecule has 1 fully saturated rings. The van der Waals surface area contributed by atoms with Crippen molar-refractivity contribution in [1.29, 1.82) is 0 Å². The summed E-state index contributed by atoms with van der Waals surface area (Å²) in [5, 5.41) is 7.00. The van der Waals surface area contributed by atoms with Crippen molar-refractivity contribution in [3.8, 4) is 5.69 Å². The van der Waals surface area contributed by atoms with E-state index in [0.29, 0.717) is 24.3 Å². The van der Waals surface area contributed by atoms with E-state index in [9.17, 15) is 22.4 Å². The maximum absolute atomic E-state index is 13.8. The molecule has 0 bridgehead atoms. The summed E-state index contributed by atoms with van der Waals surface area (Å²) in [6, 6.07) is 10.1. The zero-order valence-electron chi connectivity index (χ0n) is 16.3. The number of amides is 1. The van der Waals surface area contributed by atoms with Gasteiger partial charge in [0.2, 0.25) is 0 Å². The van der Waals surface area contributed by atoms with Crippen LogP contribution in [0.1, 0.15) is 21.9 Å². The third-order valence-electron chi connectivity index (χ3n) is 4.97. The number of piperazine rings is 1. The third kappa shape index (κ3) is 4.55. The summed E-state index contributed by atoms with van der Waals surface area (Å²) < 4.78 is 55.3. The largest absolute Gasteiger partial charge is 0.435 e. The zero-order valence-corrected chi connectivity index (χ0v) is 16.3. The Labute approximate surface area is 174 Å². The van der Waals surface area contributed by atoms with Gasteiger partial charge in [-0.2, -0.15) is 13.2 Å². The number of carbonyl (C=O) groups is 1. The molecular formula is C20H18F4N6O. The van der Waals surface area contributed by atoms with Gasteiger partial charge in [0.15, 0.2) is 11.4 Å². The van der Waals surface area contributed by atoms with Crippen LogP contribution >= 0.6 is 0 Å². The Kier molecular flexibility index (Phi) is 5.68. The second kappa shape index (κ2) is 8.42. The predicted molar refractivity (Wildman–Crippen MR) is 102 cm³/mol. The number of carbonyl (C=O) groups excluding carboxylic acids is 1. The van der Waals surface area contributed by atoms with Crippen LogP contribution in [-0.2, 0) is 12.7 Å². The average molecular weight is 434 g/mol. The van der Waals surface area contributed by atoms with Crippen molar-refractivity contribution in [2.75, 3.05) is 26.2 Å². The van der Waals surface area contributed by atoms with Crippen LogP contribution in [-0.4, -0.2) is 61.9 Å². The Morgan fingerprint density at radius 1 is 1.03 bits per heavy atom. The summed E-state index contributed by atoms with van der Waals surface area (Å²) in [7, 11) is 0. The number of halogens is 4. The molecule has 0 radical (unpaired) electrons. The van der Waals surface area contributed by atoms with Gasteiger partial charge in [0, 0.05) is 38.9 Å². The van der Waals surface area contributed by atoms with Gasteiger partial charge in [-0.05, 0) is 30.3 Å². The van der Waals surface area contributed by atoms with E-state index in [-0.39, 0.29) is 18.8 Å². The van der Waals surface area contributed by atoms with E-state index in [1.54, 1.807) is 6.20 Å². The maximum atomic E-state index is 13.8. The summed E-state index contributed by atoms with van der Waals surface area (Å²) in [5.41, 5.74) is -1.41. The van der Waals surface area contributed by atoms with Crippen molar-refractivity contribution in [3.63, 3.8) is 0 Å². The van der Waals surface area contributed by atoms with Gasteiger partial charge in [0.1, 0.15) is 5.82 Å². The maximum Gasteiger partial charge on any atom is 0.435 e.